The van der Waals surface area contributed by atoms with Crippen molar-refractivity contribution in [1.29, 1.82) is 0 Å². The number of alkyl halides is 3. The molecule has 0 aliphatic carbocycles. The average molecular weight is 251 g/mol. The van der Waals surface area contributed by atoms with Gasteiger partial charge in [0.25, 0.3) is 0 Å². The molecule has 0 radical (unpaired) electrons. The Hall–Kier alpha value is -1.47. The number of anilines is 1. The van der Waals surface area contributed by atoms with E-state index in [1.54, 1.807) is 0 Å². The number of hydrogen-bond donors (Lipinski definition) is 3. The first kappa shape index (κ1) is 13.6. The number of rotatable bonds is 5. The molecule has 0 saturated heterocycles. The molecule has 1 aromatic rings. The second kappa shape index (κ2) is 5.74. The highest BCUT2D eigenvalue weighted by molar-refractivity contribution is 5.48. The Bertz CT molecular complexity index is 357. The molecule has 0 spiro atoms. The third-order valence-corrected chi connectivity index (χ3v) is 1.82. The minimum Gasteiger partial charge on any atom is -0.406 e. The summed E-state index contributed by atoms with van der Waals surface area (Å²) in [4.78, 5) is 0. The van der Waals surface area contributed by atoms with Gasteiger partial charge in [-0.05, 0) is 12.1 Å². The molecule has 0 bridgehead atoms. The van der Waals surface area contributed by atoms with Crippen molar-refractivity contribution in [2.75, 3.05) is 18.5 Å². The Morgan fingerprint density at radius 1 is 1.35 bits per heavy atom. The van der Waals surface area contributed by atoms with Crippen molar-refractivity contribution in [2.24, 2.45) is 0 Å². The summed E-state index contributed by atoms with van der Waals surface area (Å²) in [5.74, 6) is -0.346. The van der Waals surface area contributed by atoms with Gasteiger partial charge in [0.1, 0.15) is 5.75 Å². The SMILES string of the molecule is OCC(O)CNc1cccc(OC(F)(F)F)c1. The van der Waals surface area contributed by atoms with Crippen LogP contribution in [0.3, 0.4) is 0 Å². The van der Waals surface area contributed by atoms with Gasteiger partial charge in [-0.1, -0.05) is 6.07 Å². The molecule has 1 atom stereocenters. The summed E-state index contributed by atoms with van der Waals surface area (Å²) in [5, 5.41) is 20.3. The van der Waals surface area contributed by atoms with Crippen LogP contribution in [0.25, 0.3) is 0 Å². The number of nitrogens with one attached hydrogen (secondary N) is 1. The van der Waals surface area contributed by atoms with Gasteiger partial charge in [0.2, 0.25) is 0 Å². The van der Waals surface area contributed by atoms with Crippen molar-refractivity contribution < 1.29 is 28.1 Å². The lowest BCUT2D eigenvalue weighted by Crippen LogP contribution is -2.23. The molecule has 0 fully saturated rings. The average Bonchev–Trinajstić information content (AvgIpc) is 2.24. The number of benzene rings is 1. The summed E-state index contributed by atoms with van der Waals surface area (Å²) in [6, 6.07) is 5.22. The molecular formula is C10H12F3NO3. The van der Waals surface area contributed by atoms with Crippen LogP contribution in [0.5, 0.6) is 5.75 Å². The maximum absolute atomic E-state index is 11.9. The van der Waals surface area contributed by atoms with Crippen LogP contribution >= 0.6 is 0 Å². The Balaban J connectivity index is 2.60. The minimum absolute atomic E-state index is 0.0337. The molecule has 1 rings (SSSR count). The lowest BCUT2D eigenvalue weighted by Gasteiger charge is -2.12. The Kier molecular flexibility index (Phi) is 4.59. The second-order valence-corrected chi connectivity index (χ2v) is 3.29. The molecule has 17 heavy (non-hydrogen) atoms. The predicted octanol–water partition coefficient (Wildman–Crippen LogP) is 1.35. The van der Waals surface area contributed by atoms with Gasteiger partial charge in [0.05, 0.1) is 12.7 Å². The molecule has 1 unspecified atom stereocenters. The third kappa shape index (κ3) is 5.41. The summed E-state index contributed by atoms with van der Waals surface area (Å²) in [5.41, 5.74) is 0.360. The van der Waals surface area contributed by atoms with E-state index in [-0.39, 0.29) is 12.3 Å². The first-order chi connectivity index (χ1) is 7.90. The number of hydrogen-bond acceptors (Lipinski definition) is 4. The summed E-state index contributed by atoms with van der Waals surface area (Å²) in [6.07, 6.45) is -5.70. The van der Waals surface area contributed by atoms with Crippen LogP contribution in [0.4, 0.5) is 18.9 Å². The maximum Gasteiger partial charge on any atom is 0.573 e. The smallest absolute Gasteiger partial charge is 0.406 e. The minimum atomic E-state index is -4.73. The van der Waals surface area contributed by atoms with Gasteiger partial charge in [-0.3, -0.25) is 0 Å². The molecule has 0 amide bonds. The van der Waals surface area contributed by atoms with Crippen molar-refractivity contribution in [2.45, 2.75) is 12.5 Å². The number of ether oxygens (including phenoxy) is 1. The Morgan fingerprint density at radius 3 is 2.65 bits per heavy atom. The van der Waals surface area contributed by atoms with E-state index in [1.807, 2.05) is 0 Å². The van der Waals surface area contributed by atoms with Crippen LogP contribution in [0.15, 0.2) is 24.3 Å². The fraction of sp³-hybridized carbons (Fsp3) is 0.400. The molecule has 3 N–H and O–H groups in total. The van der Waals surface area contributed by atoms with Crippen molar-refractivity contribution in [1.82, 2.24) is 0 Å². The number of aliphatic hydroxyl groups excluding tert-OH is 2. The molecule has 7 heteroatoms. The van der Waals surface area contributed by atoms with Crippen LogP contribution in [0.2, 0.25) is 0 Å². The second-order valence-electron chi connectivity index (χ2n) is 3.29. The maximum atomic E-state index is 11.9. The summed E-state index contributed by atoms with van der Waals surface area (Å²) >= 11 is 0. The van der Waals surface area contributed by atoms with Gasteiger partial charge in [-0.15, -0.1) is 13.2 Å². The van der Waals surface area contributed by atoms with E-state index in [0.29, 0.717) is 5.69 Å². The first-order valence-electron chi connectivity index (χ1n) is 4.79. The fourth-order valence-corrected chi connectivity index (χ4v) is 1.10. The molecule has 96 valence electrons. The van der Waals surface area contributed by atoms with Crippen molar-refractivity contribution in [3.63, 3.8) is 0 Å². The van der Waals surface area contributed by atoms with Gasteiger partial charge >= 0.3 is 6.36 Å². The molecule has 0 aromatic heterocycles. The van der Waals surface area contributed by atoms with Gasteiger partial charge in [0, 0.05) is 18.3 Å². The van der Waals surface area contributed by atoms with E-state index in [0.717, 1.165) is 6.07 Å². The number of aliphatic hydroxyl groups is 2. The molecule has 0 aliphatic rings. The monoisotopic (exact) mass is 251 g/mol. The van der Waals surface area contributed by atoms with E-state index in [9.17, 15) is 13.2 Å². The van der Waals surface area contributed by atoms with E-state index in [1.165, 1.54) is 18.2 Å². The van der Waals surface area contributed by atoms with Crippen LogP contribution in [-0.4, -0.2) is 35.8 Å². The van der Waals surface area contributed by atoms with Gasteiger partial charge in [-0.2, -0.15) is 0 Å². The molecule has 4 nitrogen and oxygen atoms in total. The molecule has 0 saturated carbocycles. The first-order valence-corrected chi connectivity index (χ1v) is 4.79. The van der Waals surface area contributed by atoms with Crippen molar-refractivity contribution in [3.8, 4) is 5.75 Å². The van der Waals surface area contributed by atoms with E-state index in [2.05, 4.69) is 10.1 Å². The summed E-state index contributed by atoms with van der Waals surface area (Å²) in [6.45, 7) is -0.391. The van der Waals surface area contributed by atoms with Crippen molar-refractivity contribution >= 4 is 5.69 Å². The molecule has 1 aromatic carbocycles. The van der Waals surface area contributed by atoms with Crippen LogP contribution in [0, 0.1) is 0 Å². The van der Waals surface area contributed by atoms with Gasteiger partial charge in [-0.25, -0.2) is 0 Å². The predicted molar refractivity (Wildman–Crippen MR) is 54.7 cm³/mol. The number of halogens is 3. The van der Waals surface area contributed by atoms with Crippen LogP contribution in [0.1, 0.15) is 0 Å². The Labute approximate surface area is 95.6 Å². The lowest BCUT2D eigenvalue weighted by molar-refractivity contribution is -0.274. The molecular weight excluding hydrogens is 239 g/mol. The zero-order valence-electron chi connectivity index (χ0n) is 8.74. The molecule has 0 heterocycles. The quantitative estimate of drug-likeness (QED) is 0.739. The van der Waals surface area contributed by atoms with Crippen LogP contribution in [-0.2, 0) is 0 Å². The standard InChI is InChI=1S/C10H12F3NO3/c11-10(12,13)17-9-3-1-2-7(4-9)14-5-8(16)6-15/h1-4,8,14-16H,5-6H2. The fourth-order valence-electron chi connectivity index (χ4n) is 1.10. The normalized spacial score (nSPS) is 13.2. The summed E-state index contributed by atoms with van der Waals surface area (Å²) in [7, 11) is 0. The third-order valence-electron chi connectivity index (χ3n) is 1.82. The van der Waals surface area contributed by atoms with E-state index < -0.39 is 19.1 Å². The highest BCUT2D eigenvalue weighted by Crippen LogP contribution is 2.24. The van der Waals surface area contributed by atoms with Crippen molar-refractivity contribution in [3.05, 3.63) is 24.3 Å². The largest absolute Gasteiger partial charge is 0.573 e. The zero-order chi connectivity index (χ0) is 12.9. The highest BCUT2D eigenvalue weighted by Gasteiger charge is 2.31. The highest BCUT2D eigenvalue weighted by atomic mass is 19.4. The van der Waals surface area contributed by atoms with Gasteiger partial charge in [0.15, 0.2) is 0 Å². The lowest BCUT2D eigenvalue weighted by atomic mass is 10.3. The molecule has 0 aliphatic heterocycles. The van der Waals surface area contributed by atoms with Gasteiger partial charge < -0.3 is 20.3 Å². The summed E-state index contributed by atoms with van der Waals surface area (Å²) < 4.78 is 39.5. The van der Waals surface area contributed by atoms with E-state index in [4.69, 9.17) is 10.2 Å². The zero-order valence-corrected chi connectivity index (χ0v) is 8.74. The van der Waals surface area contributed by atoms with Crippen LogP contribution < -0.4 is 10.1 Å². The Morgan fingerprint density at radius 2 is 2.06 bits per heavy atom. The topological polar surface area (TPSA) is 61.7 Å². The van der Waals surface area contributed by atoms with E-state index >= 15 is 0 Å².